The Balaban J connectivity index is 0.00000144. The maximum Gasteiger partial charge on any atom is 0.0589 e. The van der Waals surface area contributed by atoms with Gasteiger partial charge in [-0.25, -0.2) is 0 Å². The van der Waals surface area contributed by atoms with E-state index in [1.165, 1.54) is 61.8 Å². The number of benzene rings is 1. The van der Waals surface area contributed by atoms with Crippen LogP contribution in [0.3, 0.4) is 0 Å². The van der Waals surface area contributed by atoms with Crippen LogP contribution in [0.4, 0.5) is 0 Å². The van der Waals surface area contributed by atoms with Crippen LogP contribution in [0.5, 0.6) is 0 Å². The van der Waals surface area contributed by atoms with E-state index < -0.39 is 0 Å². The van der Waals surface area contributed by atoms with Crippen LogP contribution in [0.15, 0.2) is 24.3 Å². The van der Waals surface area contributed by atoms with Gasteiger partial charge in [-0.1, -0.05) is 38.0 Å². The third-order valence-corrected chi connectivity index (χ3v) is 5.81. The lowest BCUT2D eigenvalue weighted by Crippen LogP contribution is -2.44. The van der Waals surface area contributed by atoms with Gasteiger partial charge in [-0.15, -0.1) is 12.4 Å². The van der Waals surface area contributed by atoms with Gasteiger partial charge in [0.25, 0.3) is 0 Å². The monoisotopic (exact) mass is 318 g/mol. The number of hydrogen-bond acceptors (Lipinski definition) is 1. The Morgan fingerprint density at radius 1 is 1.32 bits per heavy atom. The fraction of sp³-hybridized carbons (Fsp3) is 0.579. The number of hydrogen-bond donors (Lipinski definition) is 1. The molecule has 2 aliphatic rings. The minimum Gasteiger partial charge on any atom is -0.357 e. The summed E-state index contributed by atoms with van der Waals surface area (Å²) in [4.78, 5) is 6.50. The van der Waals surface area contributed by atoms with Crippen molar-refractivity contribution in [1.82, 2.24) is 9.88 Å². The molecule has 2 atom stereocenters. The molecule has 22 heavy (non-hydrogen) atoms. The third-order valence-electron chi connectivity index (χ3n) is 5.81. The number of aromatic amines is 1. The summed E-state index contributed by atoms with van der Waals surface area (Å²) in [5, 5.41) is 1.45. The third kappa shape index (κ3) is 2.28. The number of aromatic nitrogens is 1. The summed E-state index contributed by atoms with van der Waals surface area (Å²) >= 11 is 0. The van der Waals surface area contributed by atoms with E-state index in [-0.39, 0.29) is 17.9 Å². The van der Waals surface area contributed by atoms with Crippen LogP contribution in [0.2, 0.25) is 0 Å². The molecule has 3 heteroatoms. The number of para-hydroxylation sites is 1. The fourth-order valence-corrected chi connectivity index (χ4v) is 4.72. The van der Waals surface area contributed by atoms with E-state index >= 15 is 0 Å². The maximum absolute atomic E-state index is 3.76. The van der Waals surface area contributed by atoms with E-state index in [2.05, 4.69) is 48.0 Å². The largest absolute Gasteiger partial charge is 0.357 e. The topological polar surface area (TPSA) is 19.0 Å². The summed E-state index contributed by atoms with van der Waals surface area (Å²) in [7, 11) is 0. The highest BCUT2D eigenvalue weighted by molar-refractivity contribution is 5.85. The Morgan fingerprint density at radius 2 is 2.14 bits per heavy atom. The predicted octanol–water partition coefficient (Wildman–Crippen LogP) is 4.87. The molecule has 1 saturated heterocycles. The fourth-order valence-electron chi connectivity index (χ4n) is 4.72. The van der Waals surface area contributed by atoms with Gasteiger partial charge in [-0.2, -0.15) is 0 Å². The smallest absolute Gasteiger partial charge is 0.0589 e. The number of rotatable bonds is 3. The average molecular weight is 319 g/mol. The molecule has 2 aliphatic heterocycles. The van der Waals surface area contributed by atoms with Crippen LogP contribution in [0.1, 0.15) is 50.8 Å². The van der Waals surface area contributed by atoms with Crippen molar-refractivity contribution in [2.45, 2.75) is 51.5 Å². The van der Waals surface area contributed by atoms with Crippen molar-refractivity contribution in [2.24, 2.45) is 5.92 Å². The van der Waals surface area contributed by atoms with Gasteiger partial charge in [-0.3, -0.25) is 4.90 Å². The van der Waals surface area contributed by atoms with Gasteiger partial charge in [0.05, 0.1) is 5.54 Å². The minimum absolute atomic E-state index is 0. The highest BCUT2D eigenvalue weighted by atomic mass is 35.5. The number of nitrogens with one attached hydrogen (secondary N) is 1. The van der Waals surface area contributed by atoms with Gasteiger partial charge in [0.15, 0.2) is 0 Å². The van der Waals surface area contributed by atoms with Crippen molar-refractivity contribution in [3.63, 3.8) is 0 Å². The van der Waals surface area contributed by atoms with Crippen LogP contribution < -0.4 is 0 Å². The van der Waals surface area contributed by atoms with Gasteiger partial charge >= 0.3 is 0 Å². The number of unbranched alkanes of at least 4 members (excludes halogenated alkanes) is 1. The van der Waals surface area contributed by atoms with Crippen molar-refractivity contribution in [3.8, 4) is 0 Å². The highest BCUT2D eigenvalue weighted by Gasteiger charge is 2.47. The molecule has 0 saturated carbocycles. The molecule has 0 bridgehead atoms. The predicted molar refractivity (Wildman–Crippen MR) is 95.8 cm³/mol. The lowest BCUT2D eigenvalue weighted by atomic mass is 9.84. The Hall–Kier alpha value is -0.990. The summed E-state index contributed by atoms with van der Waals surface area (Å²) in [6, 6.07) is 8.82. The molecule has 3 heterocycles. The molecule has 0 aliphatic carbocycles. The first kappa shape index (κ1) is 15.9. The van der Waals surface area contributed by atoms with E-state index in [4.69, 9.17) is 0 Å². The van der Waals surface area contributed by atoms with Crippen LogP contribution in [0, 0.1) is 5.92 Å². The zero-order chi connectivity index (χ0) is 14.4. The normalized spacial score (nSPS) is 27.5. The van der Waals surface area contributed by atoms with Crippen molar-refractivity contribution >= 4 is 23.3 Å². The number of fused-ring (bicyclic) bond motifs is 5. The Morgan fingerprint density at radius 3 is 2.95 bits per heavy atom. The second-order valence-corrected chi connectivity index (χ2v) is 7.21. The first-order chi connectivity index (χ1) is 10.2. The van der Waals surface area contributed by atoms with Crippen molar-refractivity contribution in [3.05, 3.63) is 35.5 Å². The summed E-state index contributed by atoms with van der Waals surface area (Å²) < 4.78 is 0. The molecule has 1 fully saturated rings. The standard InChI is InChI=1S/C19H26N2.ClH/c1-3-4-7-14-12-19(2)18-16(10-11-21(19)13-14)15-8-5-6-9-17(15)20-18;/h5-6,8-9,14,20H,3-4,7,10-13H2,1-2H3;1H. The zero-order valence-electron chi connectivity index (χ0n) is 13.7. The van der Waals surface area contributed by atoms with E-state index in [1.807, 2.05) is 0 Å². The number of H-pyrrole nitrogens is 1. The SMILES string of the molecule is CCCCC1CN2CCc3c([nH]c4ccccc34)C2(C)C1.Cl. The lowest BCUT2D eigenvalue weighted by Gasteiger charge is -2.39. The van der Waals surface area contributed by atoms with Crippen LogP contribution in [0.25, 0.3) is 10.9 Å². The molecule has 4 rings (SSSR count). The van der Waals surface area contributed by atoms with Crippen molar-refractivity contribution < 1.29 is 0 Å². The average Bonchev–Trinajstić information content (AvgIpc) is 3.03. The molecule has 2 unspecified atom stereocenters. The first-order valence-corrected chi connectivity index (χ1v) is 8.57. The van der Waals surface area contributed by atoms with Gasteiger partial charge in [0.1, 0.15) is 0 Å². The first-order valence-electron chi connectivity index (χ1n) is 8.57. The van der Waals surface area contributed by atoms with Crippen LogP contribution in [-0.4, -0.2) is 23.0 Å². The molecule has 120 valence electrons. The summed E-state index contributed by atoms with van der Waals surface area (Å²) in [5.41, 5.74) is 4.65. The minimum atomic E-state index is 0. The van der Waals surface area contributed by atoms with E-state index in [0.717, 1.165) is 5.92 Å². The molecule has 1 N–H and O–H groups in total. The molecular formula is C19H27ClN2. The van der Waals surface area contributed by atoms with Gasteiger partial charge in [-0.05, 0) is 43.7 Å². The quantitative estimate of drug-likeness (QED) is 0.855. The maximum atomic E-state index is 3.76. The molecule has 2 nitrogen and oxygen atoms in total. The number of halogens is 1. The molecule has 2 aromatic rings. The highest BCUT2D eigenvalue weighted by Crippen LogP contribution is 2.47. The van der Waals surface area contributed by atoms with Crippen molar-refractivity contribution in [2.75, 3.05) is 13.1 Å². The lowest BCUT2D eigenvalue weighted by molar-refractivity contribution is 0.139. The van der Waals surface area contributed by atoms with E-state index in [1.54, 1.807) is 5.56 Å². The molecule has 1 aromatic heterocycles. The summed E-state index contributed by atoms with van der Waals surface area (Å²) in [5.74, 6) is 0.882. The van der Waals surface area contributed by atoms with Gasteiger partial charge < -0.3 is 4.98 Å². The Labute approximate surface area is 139 Å². The van der Waals surface area contributed by atoms with E-state index in [9.17, 15) is 0 Å². The molecular weight excluding hydrogens is 292 g/mol. The summed E-state index contributed by atoms with van der Waals surface area (Å²) in [6.45, 7) is 7.30. The van der Waals surface area contributed by atoms with Crippen LogP contribution in [-0.2, 0) is 12.0 Å². The Bertz CT molecular complexity index is 662. The Kier molecular flexibility index (Phi) is 4.26. The molecule has 0 amide bonds. The van der Waals surface area contributed by atoms with Crippen LogP contribution >= 0.6 is 12.4 Å². The summed E-state index contributed by atoms with van der Waals surface area (Å²) in [6.07, 6.45) is 6.64. The molecule has 1 aromatic carbocycles. The van der Waals surface area contributed by atoms with Gasteiger partial charge in [0.2, 0.25) is 0 Å². The second kappa shape index (κ2) is 5.90. The van der Waals surface area contributed by atoms with Gasteiger partial charge in [0, 0.05) is 29.7 Å². The second-order valence-electron chi connectivity index (χ2n) is 7.21. The van der Waals surface area contributed by atoms with Crippen molar-refractivity contribution in [1.29, 1.82) is 0 Å². The van der Waals surface area contributed by atoms with E-state index in [0.29, 0.717) is 0 Å². The molecule has 0 radical (unpaired) electrons. The number of nitrogens with zero attached hydrogens (tertiary/aromatic N) is 1. The zero-order valence-corrected chi connectivity index (χ0v) is 14.5. The molecule has 0 spiro atoms.